The molecule has 0 saturated heterocycles. The van der Waals surface area contributed by atoms with E-state index in [1.165, 1.54) is 20.8 Å². The van der Waals surface area contributed by atoms with Crippen molar-refractivity contribution in [1.82, 2.24) is 24.8 Å². The molecule has 13 heteroatoms. The van der Waals surface area contributed by atoms with Gasteiger partial charge in [-0.25, -0.2) is 4.98 Å². The van der Waals surface area contributed by atoms with Crippen LogP contribution in [0.15, 0.2) is 12.1 Å². The fraction of sp³-hybridized carbons (Fsp3) is 0.409. The number of carbonyl (C=O) groups excluding carboxylic acids is 2. The molecule has 1 aromatic carbocycles. The molecule has 186 valence electrons. The summed E-state index contributed by atoms with van der Waals surface area (Å²) in [6.07, 6.45) is -0.0701. The van der Waals surface area contributed by atoms with E-state index in [-0.39, 0.29) is 24.8 Å². The second-order valence-electron chi connectivity index (χ2n) is 8.42. The zero-order valence-corrected chi connectivity index (χ0v) is 21.5. The Kier molecular flexibility index (Phi) is 6.96. The van der Waals surface area contributed by atoms with E-state index < -0.39 is 23.6 Å². The first-order chi connectivity index (χ1) is 16.5. The summed E-state index contributed by atoms with van der Waals surface area (Å²) in [5, 5.41) is 2.76. The number of aryl methyl sites for hydroxylation is 1. The monoisotopic (exact) mass is 598 g/mol. The van der Waals surface area contributed by atoms with Gasteiger partial charge in [0.25, 0.3) is 5.91 Å². The average molecular weight is 598 g/mol. The Morgan fingerprint density at radius 1 is 1.26 bits per heavy atom. The molecule has 3 aromatic rings. The third-order valence-electron chi connectivity index (χ3n) is 5.35. The predicted octanol–water partition coefficient (Wildman–Crippen LogP) is 2.32. The number of anilines is 1. The van der Waals surface area contributed by atoms with Crippen molar-refractivity contribution in [2.75, 3.05) is 19.1 Å². The minimum atomic E-state index is -1.29. The normalized spacial score (nSPS) is 12.7. The highest BCUT2D eigenvalue weighted by molar-refractivity contribution is 14.1. The van der Waals surface area contributed by atoms with Crippen LogP contribution in [0.4, 0.5) is 10.2 Å². The number of esters is 1. The second kappa shape index (κ2) is 9.79. The molecule has 0 atom stereocenters. The first-order valence-corrected chi connectivity index (χ1v) is 11.9. The van der Waals surface area contributed by atoms with Crippen molar-refractivity contribution in [3.8, 4) is 11.5 Å². The van der Waals surface area contributed by atoms with Gasteiger partial charge in [-0.15, -0.1) is 0 Å². The van der Waals surface area contributed by atoms with E-state index in [1.807, 2.05) is 12.1 Å². The molecule has 3 heterocycles. The van der Waals surface area contributed by atoms with Crippen molar-refractivity contribution in [2.45, 2.75) is 45.8 Å². The van der Waals surface area contributed by atoms with E-state index in [2.05, 4.69) is 42.9 Å². The molecule has 2 aromatic heterocycles. The van der Waals surface area contributed by atoms with Gasteiger partial charge in [-0.2, -0.15) is 14.4 Å². The van der Waals surface area contributed by atoms with E-state index in [0.29, 0.717) is 42.2 Å². The number of nitrogen functional groups attached to an aromatic ring is 1. The van der Waals surface area contributed by atoms with Gasteiger partial charge in [-0.3, -0.25) is 9.59 Å². The van der Waals surface area contributed by atoms with Crippen LogP contribution in [0.2, 0.25) is 0 Å². The zero-order chi connectivity index (χ0) is 25.3. The number of amides is 1. The lowest BCUT2D eigenvalue weighted by molar-refractivity contribution is -0.162. The molecule has 0 saturated carbocycles. The fourth-order valence-corrected chi connectivity index (χ4v) is 4.36. The third-order valence-corrected chi connectivity index (χ3v) is 6.36. The molecule has 3 N–H and O–H groups in total. The molecular weight excluding hydrogens is 574 g/mol. The third kappa shape index (κ3) is 5.39. The maximum Gasteiger partial charge on any atom is 0.312 e. The van der Waals surface area contributed by atoms with Gasteiger partial charge in [0.1, 0.15) is 5.82 Å². The summed E-state index contributed by atoms with van der Waals surface area (Å²) >= 11 is 2.21. The molecule has 1 amide bonds. The first-order valence-electron chi connectivity index (χ1n) is 10.8. The molecular formula is C22H24FIN6O5. The lowest BCUT2D eigenvalue weighted by Crippen LogP contribution is -2.45. The van der Waals surface area contributed by atoms with E-state index in [9.17, 15) is 14.0 Å². The Labute approximate surface area is 213 Å². The number of rotatable bonds is 8. The zero-order valence-electron chi connectivity index (χ0n) is 19.4. The lowest BCUT2D eigenvalue weighted by atomic mass is 10.1. The van der Waals surface area contributed by atoms with E-state index in [4.69, 9.17) is 19.9 Å². The summed E-state index contributed by atoms with van der Waals surface area (Å²) in [5.41, 5.74) is 6.14. The number of halogens is 2. The lowest BCUT2D eigenvalue weighted by Gasteiger charge is -2.23. The van der Waals surface area contributed by atoms with Crippen LogP contribution in [0.1, 0.15) is 38.6 Å². The van der Waals surface area contributed by atoms with Gasteiger partial charge in [0.2, 0.25) is 6.79 Å². The Morgan fingerprint density at radius 3 is 2.69 bits per heavy atom. The molecule has 1 aliphatic rings. The molecule has 0 radical (unpaired) electrons. The van der Waals surface area contributed by atoms with Crippen molar-refractivity contribution in [3.05, 3.63) is 33.2 Å². The Hall–Kier alpha value is -3.23. The maximum absolute atomic E-state index is 14.0. The smallest absolute Gasteiger partial charge is 0.312 e. The van der Waals surface area contributed by atoms with Crippen LogP contribution in [0.25, 0.3) is 11.2 Å². The Morgan fingerprint density at radius 2 is 1.97 bits per heavy atom. The van der Waals surface area contributed by atoms with Crippen LogP contribution in [0.5, 0.6) is 11.5 Å². The molecule has 1 aliphatic heterocycles. The molecule has 4 rings (SSSR count). The molecule has 0 fully saturated rings. The second-order valence-corrected chi connectivity index (χ2v) is 9.58. The molecule has 0 unspecified atom stereocenters. The van der Waals surface area contributed by atoms with Crippen molar-refractivity contribution in [3.63, 3.8) is 0 Å². The minimum Gasteiger partial charge on any atom is -0.454 e. The topological polar surface area (TPSA) is 143 Å². The molecule has 0 aliphatic carbocycles. The summed E-state index contributed by atoms with van der Waals surface area (Å²) in [4.78, 5) is 35.7. The van der Waals surface area contributed by atoms with Gasteiger partial charge >= 0.3 is 12.0 Å². The SMILES string of the molecule is CC(=O)OC(C)(C)C(=O)NCCCn1c(Cc2cc3c(cc2I)OCO3)nc2c(N)nc(F)nc21. The van der Waals surface area contributed by atoms with Crippen LogP contribution in [0, 0.1) is 9.65 Å². The maximum atomic E-state index is 14.0. The van der Waals surface area contributed by atoms with Crippen molar-refractivity contribution < 1.29 is 28.2 Å². The van der Waals surface area contributed by atoms with Crippen LogP contribution >= 0.6 is 22.6 Å². The largest absolute Gasteiger partial charge is 0.454 e. The molecule has 11 nitrogen and oxygen atoms in total. The number of ether oxygens (including phenoxy) is 3. The molecule has 0 bridgehead atoms. The number of hydrogen-bond donors (Lipinski definition) is 2. The molecule has 35 heavy (non-hydrogen) atoms. The van der Waals surface area contributed by atoms with Crippen LogP contribution < -0.4 is 20.5 Å². The number of nitrogens with two attached hydrogens (primary N) is 1. The van der Waals surface area contributed by atoms with Crippen molar-refractivity contribution >= 4 is 51.4 Å². The summed E-state index contributed by atoms with van der Waals surface area (Å²) in [6, 6.07) is 3.78. The van der Waals surface area contributed by atoms with Crippen LogP contribution in [-0.2, 0) is 27.3 Å². The van der Waals surface area contributed by atoms with Crippen LogP contribution in [0.3, 0.4) is 0 Å². The van der Waals surface area contributed by atoms with E-state index in [1.54, 1.807) is 4.57 Å². The summed E-state index contributed by atoms with van der Waals surface area (Å²) in [6.45, 7) is 5.10. The fourth-order valence-electron chi connectivity index (χ4n) is 3.73. The number of imidazole rings is 1. The standard InChI is InChI=1S/C22H24FIN6O5/c1-11(31)35-22(2,3)20(32)26-5-4-6-30-16(27-17-18(25)28-21(23)29-19(17)30)8-12-7-14-15(9-13(12)24)34-10-33-14/h7,9H,4-6,8,10H2,1-3H3,(H,26,32)(H2,25,28,29). The number of aromatic nitrogens is 4. The summed E-state index contributed by atoms with van der Waals surface area (Å²) in [7, 11) is 0. The quantitative estimate of drug-likeness (QED) is 0.173. The minimum absolute atomic E-state index is 0.0516. The van der Waals surface area contributed by atoms with Gasteiger partial charge in [-0.1, -0.05) is 0 Å². The number of nitrogens with zero attached hydrogens (tertiary/aromatic N) is 4. The van der Waals surface area contributed by atoms with Crippen molar-refractivity contribution in [2.24, 2.45) is 0 Å². The van der Waals surface area contributed by atoms with Gasteiger partial charge in [0.15, 0.2) is 34.1 Å². The van der Waals surface area contributed by atoms with Crippen molar-refractivity contribution in [1.29, 1.82) is 0 Å². The number of nitrogens with one attached hydrogen (secondary N) is 1. The highest BCUT2D eigenvalue weighted by Gasteiger charge is 2.30. The van der Waals surface area contributed by atoms with Gasteiger partial charge in [0.05, 0.1) is 0 Å². The summed E-state index contributed by atoms with van der Waals surface area (Å²) in [5.74, 6) is 0.912. The van der Waals surface area contributed by atoms with Gasteiger partial charge in [-0.05, 0) is 60.6 Å². The highest BCUT2D eigenvalue weighted by atomic mass is 127. The average Bonchev–Trinajstić information content (AvgIpc) is 3.34. The van der Waals surface area contributed by atoms with Gasteiger partial charge < -0.3 is 29.8 Å². The first kappa shape index (κ1) is 24.9. The van der Waals surface area contributed by atoms with E-state index in [0.717, 1.165) is 9.13 Å². The molecule has 0 spiro atoms. The Bertz CT molecular complexity index is 1310. The number of fused-ring (bicyclic) bond motifs is 2. The number of hydrogen-bond acceptors (Lipinski definition) is 9. The Balaban J connectivity index is 1.55. The van der Waals surface area contributed by atoms with Gasteiger partial charge in [0, 0.05) is 30.0 Å². The number of benzene rings is 1. The van der Waals surface area contributed by atoms with Crippen LogP contribution in [-0.4, -0.2) is 50.3 Å². The predicted molar refractivity (Wildman–Crippen MR) is 131 cm³/mol. The van der Waals surface area contributed by atoms with E-state index >= 15 is 0 Å². The summed E-state index contributed by atoms with van der Waals surface area (Å²) < 4.78 is 32.7. The highest BCUT2D eigenvalue weighted by Crippen LogP contribution is 2.36. The number of carbonyl (C=O) groups is 2.